The zero-order valence-electron chi connectivity index (χ0n) is 9.19. The Balaban J connectivity index is 1.99. The fourth-order valence-corrected chi connectivity index (χ4v) is 3.07. The molecule has 1 aromatic rings. The van der Waals surface area contributed by atoms with Gasteiger partial charge in [0.05, 0.1) is 12.5 Å². The summed E-state index contributed by atoms with van der Waals surface area (Å²) in [5, 5.41) is 14.4. The van der Waals surface area contributed by atoms with Crippen LogP contribution in [-0.2, 0) is 4.79 Å². The fourth-order valence-electron chi connectivity index (χ4n) is 2.28. The Morgan fingerprint density at radius 3 is 2.88 bits per heavy atom. The number of carboxylic acids is 1. The van der Waals surface area contributed by atoms with E-state index in [1.165, 1.54) is 25.7 Å². The van der Waals surface area contributed by atoms with Crippen LogP contribution in [0.4, 0.5) is 0 Å². The molecule has 1 unspecified atom stereocenters. The molecule has 0 spiro atoms. The predicted molar refractivity (Wildman–Crippen MR) is 64.7 cm³/mol. The van der Waals surface area contributed by atoms with Gasteiger partial charge in [-0.3, -0.25) is 4.79 Å². The smallest absolute Gasteiger partial charge is 0.305 e. The summed E-state index contributed by atoms with van der Waals surface area (Å²) in [4.78, 5) is 12.0. The van der Waals surface area contributed by atoms with Gasteiger partial charge < -0.3 is 10.4 Å². The van der Waals surface area contributed by atoms with Crippen LogP contribution >= 0.6 is 11.3 Å². The molecule has 0 radical (unpaired) electrons. The summed E-state index contributed by atoms with van der Waals surface area (Å²) in [7, 11) is 0. The largest absolute Gasteiger partial charge is 0.481 e. The van der Waals surface area contributed by atoms with Crippen LogP contribution in [-0.4, -0.2) is 17.1 Å². The Bertz CT molecular complexity index is 331. The van der Waals surface area contributed by atoms with Gasteiger partial charge in [0, 0.05) is 10.9 Å². The highest BCUT2D eigenvalue weighted by atomic mass is 32.1. The minimum absolute atomic E-state index is 0.0133. The molecule has 1 aliphatic rings. The van der Waals surface area contributed by atoms with Crippen LogP contribution < -0.4 is 5.32 Å². The van der Waals surface area contributed by atoms with Crippen molar-refractivity contribution < 1.29 is 9.90 Å². The highest BCUT2D eigenvalue weighted by Crippen LogP contribution is 2.26. The Kier molecular flexibility index (Phi) is 3.96. The van der Waals surface area contributed by atoms with Gasteiger partial charge in [0.15, 0.2) is 0 Å². The zero-order chi connectivity index (χ0) is 11.4. The van der Waals surface area contributed by atoms with Crippen molar-refractivity contribution in [1.29, 1.82) is 0 Å². The minimum atomic E-state index is -0.733. The molecule has 4 heteroatoms. The highest BCUT2D eigenvalue weighted by Gasteiger charge is 2.22. The van der Waals surface area contributed by atoms with Crippen LogP contribution in [0.15, 0.2) is 17.5 Å². The molecule has 1 atom stereocenters. The maximum atomic E-state index is 10.8. The lowest BCUT2D eigenvalue weighted by atomic mass is 10.1. The molecule has 2 rings (SSSR count). The van der Waals surface area contributed by atoms with Gasteiger partial charge >= 0.3 is 5.97 Å². The molecule has 88 valence electrons. The third-order valence-corrected chi connectivity index (χ3v) is 4.04. The molecular formula is C12H17NO2S. The summed E-state index contributed by atoms with van der Waals surface area (Å²) < 4.78 is 0. The van der Waals surface area contributed by atoms with Crippen molar-refractivity contribution in [2.45, 2.75) is 44.2 Å². The van der Waals surface area contributed by atoms with Gasteiger partial charge in [-0.25, -0.2) is 0 Å². The molecule has 0 aliphatic heterocycles. The number of rotatable bonds is 5. The van der Waals surface area contributed by atoms with Crippen molar-refractivity contribution in [3.05, 3.63) is 22.4 Å². The van der Waals surface area contributed by atoms with E-state index >= 15 is 0 Å². The minimum Gasteiger partial charge on any atom is -0.481 e. The van der Waals surface area contributed by atoms with Crippen LogP contribution in [0.5, 0.6) is 0 Å². The molecule has 1 aliphatic carbocycles. The number of thiophene rings is 1. The predicted octanol–water partition coefficient (Wildman–Crippen LogP) is 2.80. The average molecular weight is 239 g/mol. The second-order valence-corrected chi connectivity index (χ2v) is 5.29. The maximum absolute atomic E-state index is 10.8. The van der Waals surface area contributed by atoms with Crippen molar-refractivity contribution in [3.63, 3.8) is 0 Å². The molecule has 3 nitrogen and oxygen atoms in total. The van der Waals surface area contributed by atoms with Crippen molar-refractivity contribution >= 4 is 17.3 Å². The summed E-state index contributed by atoms with van der Waals surface area (Å²) in [6, 6.07) is 4.48. The van der Waals surface area contributed by atoms with Crippen molar-refractivity contribution in [2.24, 2.45) is 0 Å². The van der Waals surface area contributed by atoms with Gasteiger partial charge in [0.1, 0.15) is 0 Å². The number of carboxylic acid groups (broad SMARTS) is 1. The average Bonchev–Trinajstić information content (AvgIpc) is 2.88. The quantitative estimate of drug-likeness (QED) is 0.830. The summed E-state index contributed by atoms with van der Waals surface area (Å²) in [5.41, 5.74) is 0. The van der Waals surface area contributed by atoms with E-state index in [0.717, 1.165) is 4.88 Å². The second-order valence-electron chi connectivity index (χ2n) is 4.31. The second kappa shape index (κ2) is 5.46. The van der Waals surface area contributed by atoms with E-state index < -0.39 is 5.97 Å². The Hall–Kier alpha value is -0.870. The van der Waals surface area contributed by atoms with E-state index in [4.69, 9.17) is 5.11 Å². The number of carbonyl (C=O) groups is 1. The van der Waals surface area contributed by atoms with E-state index in [1.54, 1.807) is 11.3 Å². The molecule has 1 heterocycles. The topological polar surface area (TPSA) is 49.3 Å². The van der Waals surface area contributed by atoms with Crippen LogP contribution in [0.2, 0.25) is 0 Å². The van der Waals surface area contributed by atoms with Gasteiger partial charge in [-0.2, -0.15) is 0 Å². The SMILES string of the molecule is O=C(O)CC(NC1CCCC1)c1cccs1. The number of aliphatic carboxylic acids is 1. The van der Waals surface area contributed by atoms with Crippen molar-refractivity contribution in [3.8, 4) is 0 Å². The van der Waals surface area contributed by atoms with E-state index in [1.807, 2.05) is 17.5 Å². The first-order chi connectivity index (χ1) is 7.75. The first-order valence-electron chi connectivity index (χ1n) is 5.77. The summed E-state index contributed by atoms with van der Waals surface area (Å²) in [6.45, 7) is 0. The van der Waals surface area contributed by atoms with E-state index in [-0.39, 0.29) is 12.5 Å². The molecule has 1 fully saturated rings. The third kappa shape index (κ3) is 3.06. The van der Waals surface area contributed by atoms with E-state index in [0.29, 0.717) is 6.04 Å². The normalized spacial score (nSPS) is 18.8. The lowest BCUT2D eigenvalue weighted by Gasteiger charge is -2.20. The van der Waals surface area contributed by atoms with Crippen LogP contribution in [0, 0.1) is 0 Å². The van der Waals surface area contributed by atoms with E-state index in [9.17, 15) is 4.79 Å². The van der Waals surface area contributed by atoms with Crippen molar-refractivity contribution in [2.75, 3.05) is 0 Å². The number of hydrogen-bond acceptors (Lipinski definition) is 3. The summed E-state index contributed by atoms with van der Waals surface area (Å²) in [5.74, 6) is -0.733. The lowest BCUT2D eigenvalue weighted by Crippen LogP contribution is -2.31. The first-order valence-corrected chi connectivity index (χ1v) is 6.65. The molecular weight excluding hydrogens is 222 g/mol. The Morgan fingerprint density at radius 1 is 1.56 bits per heavy atom. The third-order valence-electron chi connectivity index (χ3n) is 3.06. The Morgan fingerprint density at radius 2 is 2.31 bits per heavy atom. The van der Waals surface area contributed by atoms with Crippen molar-refractivity contribution in [1.82, 2.24) is 5.32 Å². The molecule has 0 bridgehead atoms. The molecule has 16 heavy (non-hydrogen) atoms. The van der Waals surface area contributed by atoms with Crippen LogP contribution in [0.3, 0.4) is 0 Å². The molecule has 1 saturated carbocycles. The molecule has 1 aromatic heterocycles. The summed E-state index contributed by atoms with van der Waals surface area (Å²) in [6.07, 6.45) is 5.07. The molecule has 0 saturated heterocycles. The van der Waals surface area contributed by atoms with Gasteiger partial charge in [-0.05, 0) is 24.3 Å². The van der Waals surface area contributed by atoms with Gasteiger partial charge in [-0.1, -0.05) is 18.9 Å². The highest BCUT2D eigenvalue weighted by molar-refractivity contribution is 7.10. The number of hydrogen-bond donors (Lipinski definition) is 2. The monoisotopic (exact) mass is 239 g/mol. The molecule has 2 N–H and O–H groups in total. The maximum Gasteiger partial charge on any atom is 0.305 e. The van der Waals surface area contributed by atoms with Gasteiger partial charge in [0.25, 0.3) is 0 Å². The fraction of sp³-hybridized carbons (Fsp3) is 0.583. The molecule has 0 aromatic carbocycles. The first kappa shape index (κ1) is 11.6. The van der Waals surface area contributed by atoms with Crippen LogP contribution in [0.1, 0.15) is 43.0 Å². The molecule has 0 amide bonds. The standard InChI is InChI=1S/C12H17NO2S/c14-12(15)8-10(11-6-3-7-16-11)13-9-4-1-2-5-9/h3,6-7,9-10,13H,1-2,4-5,8H2,(H,14,15). The van der Waals surface area contributed by atoms with Crippen LogP contribution in [0.25, 0.3) is 0 Å². The van der Waals surface area contributed by atoms with Gasteiger partial charge in [0.2, 0.25) is 0 Å². The van der Waals surface area contributed by atoms with E-state index in [2.05, 4.69) is 5.32 Å². The number of nitrogens with one attached hydrogen (secondary N) is 1. The van der Waals surface area contributed by atoms with Gasteiger partial charge in [-0.15, -0.1) is 11.3 Å². The summed E-state index contributed by atoms with van der Waals surface area (Å²) >= 11 is 1.63. The lowest BCUT2D eigenvalue weighted by molar-refractivity contribution is -0.137. The Labute approximate surface area is 99.5 Å². The zero-order valence-corrected chi connectivity index (χ0v) is 10.0.